The van der Waals surface area contributed by atoms with Crippen molar-refractivity contribution < 1.29 is 9.59 Å². The van der Waals surface area contributed by atoms with Crippen LogP contribution in [0.2, 0.25) is 0 Å². The van der Waals surface area contributed by atoms with Gasteiger partial charge in [0.15, 0.2) is 0 Å². The molecule has 92 valence electrons. The molecule has 0 saturated carbocycles. The zero-order chi connectivity index (χ0) is 12.6. The molecule has 1 aliphatic carbocycles. The van der Waals surface area contributed by atoms with Gasteiger partial charge in [-0.25, -0.2) is 0 Å². The van der Waals surface area contributed by atoms with Crippen LogP contribution < -0.4 is 0 Å². The lowest BCUT2D eigenvalue weighted by molar-refractivity contribution is -0.139. The molecule has 1 aliphatic heterocycles. The number of amides is 2. The van der Waals surface area contributed by atoms with Crippen LogP contribution >= 0.6 is 0 Å². The molecule has 3 nitrogen and oxygen atoms in total. The molecule has 3 heteroatoms. The third-order valence-corrected chi connectivity index (χ3v) is 3.80. The van der Waals surface area contributed by atoms with Crippen molar-refractivity contribution in [3.05, 3.63) is 24.3 Å². The maximum Gasteiger partial charge on any atom is 0.233 e. The maximum atomic E-state index is 12.1. The number of carbonyl (C=O) groups excluding carboxylic acids is 2. The molecule has 1 fully saturated rings. The summed E-state index contributed by atoms with van der Waals surface area (Å²) in [5.74, 6) is 0.201. The van der Waals surface area contributed by atoms with Crippen LogP contribution in [0.1, 0.15) is 26.7 Å². The first-order chi connectivity index (χ1) is 8.06. The topological polar surface area (TPSA) is 37.4 Å². The smallest absolute Gasteiger partial charge is 0.233 e. The largest absolute Gasteiger partial charge is 0.278 e. The Morgan fingerprint density at radius 3 is 2.65 bits per heavy atom. The summed E-state index contributed by atoms with van der Waals surface area (Å²) in [4.78, 5) is 25.5. The molecule has 0 aromatic heterocycles. The summed E-state index contributed by atoms with van der Waals surface area (Å²) in [7, 11) is 0. The monoisotopic (exact) mass is 233 g/mol. The number of rotatable bonds is 3. The minimum absolute atomic E-state index is 0.00819. The van der Waals surface area contributed by atoms with E-state index in [-0.39, 0.29) is 23.7 Å². The Morgan fingerprint density at radius 2 is 2.06 bits per heavy atom. The molecule has 17 heavy (non-hydrogen) atoms. The number of likely N-dealkylation sites (tertiary alicyclic amines) is 1. The first-order valence-corrected chi connectivity index (χ1v) is 6.21. The van der Waals surface area contributed by atoms with Crippen molar-refractivity contribution in [2.45, 2.75) is 26.7 Å². The molecule has 0 bridgehead atoms. The van der Waals surface area contributed by atoms with E-state index in [1.165, 1.54) is 10.5 Å². The molecule has 2 atom stereocenters. The number of carbonyl (C=O) groups is 2. The van der Waals surface area contributed by atoms with Gasteiger partial charge >= 0.3 is 0 Å². The Bertz CT molecular complexity index is 395. The van der Waals surface area contributed by atoms with Crippen molar-refractivity contribution in [1.29, 1.82) is 0 Å². The minimum Gasteiger partial charge on any atom is -0.278 e. The fourth-order valence-electron chi connectivity index (χ4n) is 2.74. The summed E-state index contributed by atoms with van der Waals surface area (Å²) >= 11 is 0. The zero-order valence-electron chi connectivity index (χ0n) is 10.5. The van der Waals surface area contributed by atoms with E-state index in [1.807, 2.05) is 0 Å². The summed E-state index contributed by atoms with van der Waals surface area (Å²) in [5, 5.41) is 0. The van der Waals surface area contributed by atoms with Gasteiger partial charge in [-0.1, -0.05) is 31.6 Å². The van der Waals surface area contributed by atoms with E-state index in [4.69, 9.17) is 0 Å². The fraction of sp³-hybridized carbons (Fsp3) is 0.571. The Labute approximate surface area is 102 Å². The number of allylic oxidation sites excluding steroid dienone is 2. The minimum atomic E-state index is -0.121. The second-order valence-corrected chi connectivity index (χ2v) is 5.16. The highest BCUT2D eigenvalue weighted by Crippen LogP contribution is 2.39. The molecule has 2 amide bonds. The van der Waals surface area contributed by atoms with Crippen molar-refractivity contribution in [1.82, 2.24) is 4.90 Å². The van der Waals surface area contributed by atoms with Crippen molar-refractivity contribution in [2.24, 2.45) is 17.8 Å². The van der Waals surface area contributed by atoms with Gasteiger partial charge < -0.3 is 0 Å². The summed E-state index contributed by atoms with van der Waals surface area (Å²) in [6.45, 7) is 8.21. The van der Waals surface area contributed by atoms with Crippen molar-refractivity contribution >= 4 is 11.8 Å². The molecular formula is C14H19NO2. The predicted octanol–water partition coefficient (Wildman–Crippen LogP) is 2.15. The van der Waals surface area contributed by atoms with Crippen LogP contribution in [0.15, 0.2) is 24.3 Å². The summed E-state index contributed by atoms with van der Waals surface area (Å²) in [5.41, 5.74) is 1.31. The van der Waals surface area contributed by atoms with E-state index in [0.29, 0.717) is 12.5 Å². The quantitative estimate of drug-likeness (QED) is 0.553. The summed E-state index contributed by atoms with van der Waals surface area (Å²) in [6, 6.07) is 0. The molecule has 2 unspecified atom stereocenters. The second kappa shape index (κ2) is 4.47. The average Bonchev–Trinajstić information content (AvgIpc) is 2.54. The van der Waals surface area contributed by atoms with Gasteiger partial charge in [-0.15, -0.1) is 6.58 Å². The molecule has 0 N–H and O–H groups in total. The van der Waals surface area contributed by atoms with Crippen LogP contribution in [0.4, 0.5) is 0 Å². The van der Waals surface area contributed by atoms with Gasteiger partial charge in [-0.3, -0.25) is 14.5 Å². The van der Waals surface area contributed by atoms with E-state index in [9.17, 15) is 9.59 Å². The Morgan fingerprint density at radius 1 is 1.41 bits per heavy atom. The van der Waals surface area contributed by atoms with Gasteiger partial charge in [0.25, 0.3) is 0 Å². The van der Waals surface area contributed by atoms with Crippen molar-refractivity contribution in [3.63, 3.8) is 0 Å². The highest BCUT2D eigenvalue weighted by Gasteiger charge is 2.47. The number of imide groups is 1. The van der Waals surface area contributed by atoms with Gasteiger partial charge in [0.2, 0.25) is 11.8 Å². The maximum absolute atomic E-state index is 12.1. The van der Waals surface area contributed by atoms with Crippen LogP contribution in [-0.4, -0.2) is 23.3 Å². The highest BCUT2D eigenvalue weighted by atomic mass is 16.2. The lowest BCUT2D eigenvalue weighted by Gasteiger charge is -2.23. The van der Waals surface area contributed by atoms with E-state index in [0.717, 1.165) is 12.8 Å². The SMILES string of the molecule is C=CCN1C(=O)C2CC=C(C(C)C)CC2C1=O. The fourth-order valence-corrected chi connectivity index (χ4v) is 2.74. The summed E-state index contributed by atoms with van der Waals surface area (Å²) in [6.07, 6.45) is 5.23. The first-order valence-electron chi connectivity index (χ1n) is 6.21. The van der Waals surface area contributed by atoms with E-state index >= 15 is 0 Å². The molecule has 0 spiro atoms. The molecular weight excluding hydrogens is 214 g/mol. The van der Waals surface area contributed by atoms with Crippen LogP contribution in [-0.2, 0) is 9.59 Å². The van der Waals surface area contributed by atoms with Gasteiger partial charge in [-0.05, 0) is 18.8 Å². The highest BCUT2D eigenvalue weighted by molar-refractivity contribution is 6.05. The predicted molar refractivity (Wildman–Crippen MR) is 66.1 cm³/mol. The van der Waals surface area contributed by atoms with Crippen molar-refractivity contribution in [3.8, 4) is 0 Å². The Hall–Kier alpha value is -1.38. The van der Waals surface area contributed by atoms with Gasteiger partial charge in [0.05, 0.1) is 11.8 Å². The van der Waals surface area contributed by atoms with E-state index in [1.54, 1.807) is 6.08 Å². The van der Waals surface area contributed by atoms with Gasteiger partial charge in [-0.2, -0.15) is 0 Å². The van der Waals surface area contributed by atoms with Crippen LogP contribution in [0.25, 0.3) is 0 Å². The average molecular weight is 233 g/mol. The molecule has 2 aliphatic rings. The van der Waals surface area contributed by atoms with E-state index < -0.39 is 0 Å². The number of nitrogens with zero attached hydrogens (tertiary/aromatic N) is 1. The first kappa shape index (κ1) is 12.1. The third kappa shape index (κ3) is 1.94. The van der Waals surface area contributed by atoms with Gasteiger partial charge in [0.1, 0.15) is 0 Å². The lowest BCUT2D eigenvalue weighted by Crippen LogP contribution is -2.31. The van der Waals surface area contributed by atoms with Crippen LogP contribution in [0.3, 0.4) is 0 Å². The Kier molecular flexibility index (Phi) is 3.18. The molecule has 1 saturated heterocycles. The third-order valence-electron chi connectivity index (χ3n) is 3.80. The molecule has 1 heterocycles. The molecule has 0 aromatic rings. The Balaban J connectivity index is 2.20. The van der Waals surface area contributed by atoms with Crippen molar-refractivity contribution in [2.75, 3.05) is 6.54 Å². The number of fused-ring (bicyclic) bond motifs is 1. The van der Waals surface area contributed by atoms with Crippen LogP contribution in [0.5, 0.6) is 0 Å². The number of hydrogen-bond donors (Lipinski definition) is 0. The summed E-state index contributed by atoms with van der Waals surface area (Å²) < 4.78 is 0. The van der Waals surface area contributed by atoms with E-state index in [2.05, 4.69) is 26.5 Å². The zero-order valence-corrected chi connectivity index (χ0v) is 10.5. The standard InChI is InChI=1S/C14H19NO2/c1-4-7-15-13(16)11-6-5-10(9(2)3)8-12(11)14(15)17/h4-5,9,11-12H,1,6-8H2,2-3H3. The van der Waals surface area contributed by atoms with Gasteiger partial charge in [0, 0.05) is 6.54 Å². The lowest BCUT2D eigenvalue weighted by atomic mass is 9.78. The normalized spacial score (nSPS) is 28.4. The second-order valence-electron chi connectivity index (χ2n) is 5.16. The molecule has 2 rings (SSSR count). The van der Waals surface area contributed by atoms with Crippen LogP contribution in [0, 0.1) is 17.8 Å². The molecule has 0 aromatic carbocycles. The number of hydrogen-bond acceptors (Lipinski definition) is 2. The molecule has 0 radical (unpaired) electrons.